The van der Waals surface area contributed by atoms with Gasteiger partial charge >= 0.3 is 6.03 Å². The van der Waals surface area contributed by atoms with Crippen LogP contribution >= 0.6 is 0 Å². The van der Waals surface area contributed by atoms with Crippen molar-refractivity contribution in [2.75, 3.05) is 6.54 Å². The summed E-state index contributed by atoms with van der Waals surface area (Å²) >= 11 is 0. The number of ketones is 1. The molecule has 1 fully saturated rings. The SMILES string of the molecule is CCCCC1(c2ccc(F)cc2)NC(=O)N(CC(=O)c2cc(C)ccc2C)C1=O. The van der Waals surface area contributed by atoms with Gasteiger partial charge in [0, 0.05) is 5.56 Å². The number of imide groups is 1. The number of carbonyl (C=O) groups excluding carboxylic acids is 3. The Bertz CT molecular complexity index is 955. The summed E-state index contributed by atoms with van der Waals surface area (Å²) in [5, 5.41) is 2.78. The molecule has 2 aromatic carbocycles. The molecule has 0 bridgehead atoms. The molecular formula is C23H25FN2O3. The molecule has 0 aromatic heterocycles. The molecule has 0 radical (unpaired) electrons. The van der Waals surface area contributed by atoms with Gasteiger partial charge in [-0.1, -0.05) is 49.6 Å². The van der Waals surface area contributed by atoms with Crippen LogP contribution < -0.4 is 5.32 Å². The Kier molecular flexibility index (Phi) is 5.82. The standard InChI is InChI=1S/C23H25FN2O3/c1-4-5-12-23(17-8-10-18(24)11-9-17)21(28)26(22(29)25-23)14-20(27)19-13-15(2)6-7-16(19)3/h6-11,13H,4-5,12,14H2,1-3H3,(H,25,29). The number of halogens is 1. The maximum Gasteiger partial charge on any atom is 0.325 e. The molecule has 5 nitrogen and oxygen atoms in total. The Morgan fingerprint density at radius 3 is 2.45 bits per heavy atom. The molecule has 0 spiro atoms. The lowest BCUT2D eigenvalue weighted by Gasteiger charge is -2.27. The summed E-state index contributed by atoms with van der Waals surface area (Å²) in [5.41, 5.74) is 1.47. The quantitative estimate of drug-likeness (QED) is 0.562. The molecule has 1 saturated heterocycles. The predicted molar refractivity (Wildman–Crippen MR) is 108 cm³/mol. The van der Waals surface area contributed by atoms with Crippen LogP contribution in [0.2, 0.25) is 0 Å². The smallest absolute Gasteiger partial charge is 0.319 e. The maximum absolute atomic E-state index is 13.4. The van der Waals surface area contributed by atoms with E-state index in [4.69, 9.17) is 0 Å². The van der Waals surface area contributed by atoms with E-state index < -0.39 is 23.3 Å². The second-order valence-electron chi connectivity index (χ2n) is 7.58. The maximum atomic E-state index is 13.4. The third kappa shape index (κ3) is 3.92. The van der Waals surface area contributed by atoms with E-state index in [1.54, 1.807) is 6.07 Å². The van der Waals surface area contributed by atoms with Crippen LogP contribution in [0.3, 0.4) is 0 Å². The van der Waals surface area contributed by atoms with E-state index in [0.717, 1.165) is 22.4 Å². The Morgan fingerprint density at radius 2 is 1.79 bits per heavy atom. The highest BCUT2D eigenvalue weighted by Gasteiger charge is 2.52. The molecule has 3 amide bonds. The highest BCUT2D eigenvalue weighted by Crippen LogP contribution is 2.34. The average molecular weight is 396 g/mol. The molecule has 152 valence electrons. The van der Waals surface area contributed by atoms with Gasteiger partial charge in [-0.05, 0) is 49.6 Å². The van der Waals surface area contributed by atoms with E-state index in [9.17, 15) is 18.8 Å². The zero-order chi connectivity index (χ0) is 21.2. The third-order valence-electron chi connectivity index (χ3n) is 5.41. The van der Waals surface area contributed by atoms with Crippen molar-refractivity contribution < 1.29 is 18.8 Å². The number of nitrogens with one attached hydrogen (secondary N) is 1. The van der Waals surface area contributed by atoms with Gasteiger partial charge in [0.05, 0.1) is 6.54 Å². The molecule has 2 aromatic rings. The highest BCUT2D eigenvalue weighted by atomic mass is 19.1. The van der Waals surface area contributed by atoms with E-state index in [-0.39, 0.29) is 12.3 Å². The molecular weight excluding hydrogens is 371 g/mol. The van der Waals surface area contributed by atoms with Crippen molar-refractivity contribution in [3.8, 4) is 0 Å². The molecule has 1 atom stereocenters. The Hall–Kier alpha value is -3.02. The van der Waals surface area contributed by atoms with Crippen LogP contribution in [0.25, 0.3) is 0 Å². The molecule has 1 aliphatic heterocycles. The van der Waals surface area contributed by atoms with E-state index in [1.165, 1.54) is 24.3 Å². The number of urea groups is 1. The van der Waals surface area contributed by atoms with Crippen LogP contribution in [0.1, 0.15) is 53.2 Å². The number of aryl methyl sites for hydroxylation is 2. The van der Waals surface area contributed by atoms with Crippen molar-refractivity contribution in [1.82, 2.24) is 10.2 Å². The van der Waals surface area contributed by atoms with Gasteiger partial charge < -0.3 is 5.32 Å². The summed E-state index contributed by atoms with van der Waals surface area (Å²) in [6, 6.07) is 10.5. The van der Waals surface area contributed by atoms with Crippen molar-refractivity contribution in [2.24, 2.45) is 0 Å². The van der Waals surface area contributed by atoms with Crippen molar-refractivity contribution in [3.63, 3.8) is 0 Å². The number of unbranched alkanes of at least 4 members (excludes halogenated alkanes) is 1. The largest absolute Gasteiger partial charge is 0.325 e. The minimum atomic E-state index is -1.28. The fraction of sp³-hybridized carbons (Fsp3) is 0.348. The van der Waals surface area contributed by atoms with Gasteiger partial charge in [-0.3, -0.25) is 14.5 Å². The lowest BCUT2D eigenvalue weighted by Crippen LogP contribution is -2.44. The lowest BCUT2D eigenvalue weighted by molar-refractivity contribution is -0.131. The molecule has 0 aliphatic carbocycles. The second kappa shape index (κ2) is 8.15. The van der Waals surface area contributed by atoms with Gasteiger partial charge in [0.15, 0.2) is 5.78 Å². The third-order valence-corrected chi connectivity index (χ3v) is 5.41. The van der Waals surface area contributed by atoms with Gasteiger partial charge in [0.25, 0.3) is 5.91 Å². The first-order valence-electron chi connectivity index (χ1n) is 9.79. The fourth-order valence-corrected chi connectivity index (χ4v) is 3.72. The first-order valence-corrected chi connectivity index (χ1v) is 9.79. The number of amides is 3. The fourth-order valence-electron chi connectivity index (χ4n) is 3.72. The van der Waals surface area contributed by atoms with Crippen LogP contribution in [0, 0.1) is 19.7 Å². The van der Waals surface area contributed by atoms with E-state index in [2.05, 4.69) is 5.32 Å². The van der Waals surface area contributed by atoms with Crippen molar-refractivity contribution in [1.29, 1.82) is 0 Å². The van der Waals surface area contributed by atoms with Crippen molar-refractivity contribution in [3.05, 3.63) is 70.5 Å². The summed E-state index contributed by atoms with van der Waals surface area (Å²) in [4.78, 5) is 39.9. The number of hydrogen-bond acceptors (Lipinski definition) is 3. The Morgan fingerprint density at radius 1 is 1.10 bits per heavy atom. The van der Waals surface area contributed by atoms with Crippen LogP contribution in [-0.4, -0.2) is 29.2 Å². The lowest BCUT2D eigenvalue weighted by atomic mass is 9.84. The van der Waals surface area contributed by atoms with Crippen LogP contribution in [-0.2, 0) is 10.3 Å². The number of benzene rings is 2. The van der Waals surface area contributed by atoms with E-state index >= 15 is 0 Å². The average Bonchev–Trinajstić information content (AvgIpc) is 2.93. The zero-order valence-electron chi connectivity index (χ0n) is 16.9. The Labute approximate surface area is 169 Å². The van der Waals surface area contributed by atoms with Gasteiger partial charge in [-0.2, -0.15) is 0 Å². The highest BCUT2D eigenvalue weighted by molar-refractivity contribution is 6.11. The minimum Gasteiger partial charge on any atom is -0.319 e. The predicted octanol–water partition coefficient (Wildman–Crippen LogP) is 4.26. The summed E-state index contributed by atoms with van der Waals surface area (Å²) in [6.07, 6.45) is 1.91. The van der Waals surface area contributed by atoms with Gasteiger partial charge in [-0.15, -0.1) is 0 Å². The molecule has 3 rings (SSSR count). The van der Waals surface area contributed by atoms with Gasteiger partial charge in [0.1, 0.15) is 11.4 Å². The number of carbonyl (C=O) groups is 3. The van der Waals surface area contributed by atoms with Gasteiger partial charge in [-0.25, -0.2) is 9.18 Å². The van der Waals surface area contributed by atoms with Crippen LogP contribution in [0.15, 0.2) is 42.5 Å². The topological polar surface area (TPSA) is 66.5 Å². The summed E-state index contributed by atoms with van der Waals surface area (Å²) in [7, 11) is 0. The molecule has 0 saturated carbocycles. The summed E-state index contributed by atoms with van der Waals surface area (Å²) < 4.78 is 13.4. The summed E-state index contributed by atoms with van der Waals surface area (Å²) in [6.45, 7) is 5.36. The molecule has 1 heterocycles. The van der Waals surface area contributed by atoms with E-state index in [1.807, 2.05) is 32.9 Å². The number of Topliss-reactive ketones (excluding diaryl/α,β-unsaturated/α-hetero) is 1. The van der Waals surface area contributed by atoms with Crippen LogP contribution in [0.5, 0.6) is 0 Å². The normalized spacial score (nSPS) is 18.8. The van der Waals surface area contributed by atoms with Crippen molar-refractivity contribution >= 4 is 17.7 Å². The number of rotatable bonds is 7. The number of hydrogen-bond donors (Lipinski definition) is 1. The number of nitrogens with zero attached hydrogens (tertiary/aromatic N) is 1. The minimum absolute atomic E-state index is 0.292. The Balaban J connectivity index is 1.92. The molecule has 1 N–H and O–H groups in total. The molecule has 1 unspecified atom stereocenters. The zero-order valence-corrected chi connectivity index (χ0v) is 16.9. The molecule has 1 aliphatic rings. The van der Waals surface area contributed by atoms with Gasteiger partial charge in [0.2, 0.25) is 0 Å². The molecule has 6 heteroatoms. The monoisotopic (exact) mass is 396 g/mol. The second-order valence-corrected chi connectivity index (χ2v) is 7.58. The summed E-state index contributed by atoms with van der Waals surface area (Å²) in [5.74, 6) is -1.18. The first-order chi connectivity index (χ1) is 13.8. The van der Waals surface area contributed by atoms with Crippen LogP contribution in [0.4, 0.5) is 9.18 Å². The first kappa shape index (κ1) is 20.7. The molecule has 29 heavy (non-hydrogen) atoms. The van der Waals surface area contributed by atoms with Crippen molar-refractivity contribution in [2.45, 2.75) is 45.6 Å². The van der Waals surface area contributed by atoms with E-state index in [0.29, 0.717) is 24.0 Å².